The lowest BCUT2D eigenvalue weighted by Crippen LogP contribution is -2.42. The Morgan fingerprint density at radius 2 is 1.82 bits per heavy atom. The van der Waals surface area contributed by atoms with Gasteiger partial charge in [0.1, 0.15) is 17.6 Å². The smallest absolute Gasteiger partial charge is 0.326 e. The number of hydrogen-bond acceptors (Lipinski definition) is 8. The van der Waals surface area contributed by atoms with Crippen LogP contribution >= 0.6 is 0 Å². The minimum atomic E-state index is -1.18. The molecule has 1 unspecified atom stereocenters. The van der Waals surface area contributed by atoms with E-state index in [9.17, 15) is 24.3 Å². The summed E-state index contributed by atoms with van der Waals surface area (Å²) in [7, 11) is 0. The van der Waals surface area contributed by atoms with Gasteiger partial charge < -0.3 is 27.2 Å². The Labute approximate surface area is 187 Å². The average molecular weight is 451 g/mol. The Kier molecular flexibility index (Phi) is 6.98. The topological polar surface area (TPSA) is 206 Å². The van der Waals surface area contributed by atoms with E-state index in [1.54, 1.807) is 24.3 Å². The number of nitrogens with two attached hydrogens (primary N) is 2. The van der Waals surface area contributed by atoms with Gasteiger partial charge in [-0.05, 0) is 17.7 Å². The number of carboxylic acid groups (broad SMARTS) is 1. The third kappa shape index (κ3) is 6.13. The van der Waals surface area contributed by atoms with Crippen LogP contribution in [0.4, 0.5) is 17.5 Å². The van der Waals surface area contributed by atoms with E-state index in [0.29, 0.717) is 0 Å². The second-order valence-corrected chi connectivity index (χ2v) is 7.03. The summed E-state index contributed by atoms with van der Waals surface area (Å²) in [6.45, 7) is 0. The van der Waals surface area contributed by atoms with Gasteiger partial charge in [0.15, 0.2) is 0 Å². The summed E-state index contributed by atoms with van der Waals surface area (Å²) < 4.78 is 0. The van der Waals surface area contributed by atoms with Crippen LogP contribution in [0.25, 0.3) is 0 Å². The first-order valence-electron chi connectivity index (χ1n) is 9.70. The number of anilines is 3. The minimum absolute atomic E-state index is 0.0317. The van der Waals surface area contributed by atoms with Gasteiger partial charge in [-0.1, -0.05) is 30.3 Å². The molecular formula is C21H21N7O5. The summed E-state index contributed by atoms with van der Waals surface area (Å²) in [5.74, 6) is -2.73. The van der Waals surface area contributed by atoms with E-state index < -0.39 is 29.4 Å². The van der Waals surface area contributed by atoms with Crippen LogP contribution in [0.15, 0.2) is 53.5 Å². The molecule has 1 aromatic carbocycles. The molecule has 0 aliphatic heterocycles. The maximum absolute atomic E-state index is 12.4. The highest BCUT2D eigenvalue weighted by Crippen LogP contribution is 2.10. The number of H-pyrrole nitrogens is 1. The zero-order chi connectivity index (χ0) is 24.0. The van der Waals surface area contributed by atoms with E-state index in [2.05, 4.69) is 25.6 Å². The molecule has 1 atom stereocenters. The second-order valence-electron chi connectivity index (χ2n) is 7.03. The SMILES string of the molecule is Nc1nc(N)c(CC(=O)Nc2ccc(C(=O)NC(Cc3ccccc3)C(=O)O)nc2)c(=O)[nH]1. The van der Waals surface area contributed by atoms with Gasteiger partial charge in [0.2, 0.25) is 11.9 Å². The van der Waals surface area contributed by atoms with E-state index in [0.717, 1.165) is 5.56 Å². The van der Waals surface area contributed by atoms with Crippen LogP contribution in [0.3, 0.4) is 0 Å². The van der Waals surface area contributed by atoms with Gasteiger partial charge in [0, 0.05) is 6.42 Å². The summed E-state index contributed by atoms with van der Waals surface area (Å²) in [5.41, 5.74) is 11.3. The molecule has 170 valence electrons. The number of carboxylic acids is 1. The Hall–Kier alpha value is -4.74. The molecule has 0 aliphatic rings. The fraction of sp³-hybridized carbons (Fsp3) is 0.143. The monoisotopic (exact) mass is 451 g/mol. The zero-order valence-electron chi connectivity index (χ0n) is 17.2. The lowest BCUT2D eigenvalue weighted by Gasteiger charge is -2.14. The number of aromatic amines is 1. The van der Waals surface area contributed by atoms with E-state index in [-0.39, 0.29) is 41.6 Å². The van der Waals surface area contributed by atoms with E-state index in [4.69, 9.17) is 11.5 Å². The number of carbonyl (C=O) groups excluding carboxylic acids is 2. The second kappa shape index (κ2) is 10.0. The van der Waals surface area contributed by atoms with Crippen molar-refractivity contribution in [2.24, 2.45) is 0 Å². The Morgan fingerprint density at radius 3 is 2.42 bits per heavy atom. The minimum Gasteiger partial charge on any atom is -0.480 e. The third-order valence-electron chi connectivity index (χ3n) is 4.57. The Morgan fingerprint density at radius 1 is 1.09 bits per heavy atom. The van der Waals surface area contributed by atoms with Crippen LogP contribution in [-0.2, 0) is 22.4 Å². The zero-order valence-corrected chi connectivity index (χ0v) is 17.2. The summed E-state index contributed by atoms with van der Waals surface area (Å²) in [5, 5.41) is 14.4. The van der Waals surface area contributed by atoms with Crippen LogP contribution in [0, 0.1) is 0 Å². The number of rotatable bonds is 8. The highest BCUT2D eigenvalue weighted by molar-refractivity contribution is 5.96. The van der Waals surface area contributed by atoms with Gasteiger partial charge in [-0.25, -0.2) is 9.78 Å². The highest BCUT2D eigenvalue weighted by atomic mass is 16.4. The van der Waals surface area contributed by atoms with Gasteiger partial charge in [0.05, 0.1) is 23.9 Å². The van der Waals surface area contributed by atoms with Crippen molar-refractivity contribution in [1.82, 2.24) is 20.3 Å². The number of nitrogens with one attached hydrogen (secondary N) is 3. The summed E-state index contributed by atoms with van der Waals surface area (Å²) in [4.78, 5) is 58.0. The number of amides is 2. The molecule has 2 aromatic heterocycles. The predicted octanol–water partition coefficient (Wildman–Crippen LogP) is -0.0638. The molecule has 0 fully saturated rings. The van der Waals surface area contributed by atoms with Crippen LogP contribution < -0.4 is 27.7 Å². The number of nitrogen functional groups attached to an aromatic ring is 2. The van der Waals surface area contributed by atoms with Crippen molar-refractivity contribution in [2.45, 2.75) is 18.9 Å². The first kappa shape index (κ1) is 22.9. The highest BCUT2D eigenvalue weighted by Gasteiger charge is 2.22. The Balaban J connectivity index is 1.62. The van der Waals surface area contributed by atoms with Crippen LogP contribution in [-0.4, -0.2) is 43.9 Å². The number of carbonyl (C=O) groups is 3. The van der Waals surface area contributed by atoms with Gasteiger partial charge in [0.25, 0.3) is 11.5 Å². The van der Waals surface area contributed by atoms with Crippen molar-refractivity contribution in [3.05, 3.63) is 75.8 Å². The quantitative estimate of drug-likeness (QED) is 0.271. The first-order chi connectivity index (χ1) is 15.7. The fourth-order valence-electron chi connectivity index (χ4n) is 2.95. The molecule has 0 saturated carbocycles. The fourth-order valence-corrected chi connectivity index (χ4v) is 2.95. The van der Waals surface area contributed by atoms with Crippen molar-refractivity contribution in [3.8, 4) is 0 Å². The maximum atomic E-state index is 12.4. The molecule has 3 rings (SSSR count). The molecule has 2 amide bonds. The number of aromatic nitrogens is 3. The van der Waals surface area contributed by atoms with Gasteiger partial charge >= 0.3 is 5.97 Å². The van der Waals surface area contributed by atoms with E-state index in [1.165, 1.54) is 18.3 Å². The van der Waals surface area contributed by atoms with Crippen molar-refractivity contribution in [2.75, 3.05) is 16.8 Å². The predicted molar refractivity (Wildman–Crippen MR) is 119 cm³/mol. The maximum Gasteiger partial charge on any atom is 0.326 e. The molecule has 8 N–H and O–H groups in total. The van der Waals surface area contributed by atoms with Gasteiger partial charge in [-0.2, -0.15) is 4.98 Å². The van der Waals surface area contributed by atoms with Crippen molar-refractivity contribution >= 4 is 35.2 Å². The molecule has 3 aromatic rings. The number of hydrogen-bond donors (Lipinski definition) is 6. The van der Waals surface area contributed by atoms with Crippen LogP contribution in [0.2, 0.25) is 0 Å². The molecule has 0 radical (unpaired) electrons. The van der Waals surface area contributed by atoms with Gasteiger partial charge in [-0.15, -0.1) is 0 Å². The molecule has 2 heterocycles. The van der Waals surface area contributed by atoms with Crippen molar-refractivity contribution in [3.63, 3.8) is 0 Å². The standard InChI is InChI=1S/C21H21N7O5/c22-17-13(18(30)28-21(23)27-17)9-16(29)25-12-6-7-14(24-10-12)19(31)26-15(20(32)33)8-11-4-2-1-3-5-11/h1-7,10,15H,8-9H2,(H,25,29)(H,26,31)(H,32,33)(H5,22,23,27,28,30). The van der Waals surface area contributed by atoms with Crippen LogP contribution in [0.5, 0.6) is 0 Å². The van der Waals surface area contributed by atoms with Gasteiger partial charge in [-0.3, -0.25) is 19.4 Å². The lowest BCUT2D eigenvalue weighted by atomic mass is 10.1. The van der Waals surface area contributed by atoms with Crippen molar-refractivity contribution in [1.29, 1.82) is 0 Å². The first-order valence-corrected chi connectivity index (χ1v) is 9.70. The summed E-state index contributed by atoms with van der Waals surface area (Å²) in [6, 6.07) is 10.5. The molecule has 0 bridgehead atoms. The van der Waals surface area contributed by atoms with E-state index in [1.807, 2.05) is 6.07 Å². The average Bonchev–Trinajstić information content (AvgIpc) is 2.77. The Bertz CT molecular complexity index is 1230. The third-order valence-corrected chi connectivity index (χ3v) is 4.57. The molecule has 33 heavy (non-hydrogen) atoms. The largest absolute Gasteiger partial charge is 0.480 e. The molecular weight excluding hydrogens is 430 g/mol. The molecule has 0 aliphatic carbocycles. The number of pyridine rings is 1. The normalized spacial score (nSPS) is 11.4. The molecule has 12 nitrogen and oxygen atoms in total. The molecule has 0 saturated heterocycles. The lowest BCUT2D eigenvalue weighted by molar-refractivity contribution is -0.139. The summed E-state index contributed by atoms with van der Waals surface area (Å²) in [6.07, 6.45) is 0.989. The molecule has 0 spiro atoms. The van der Waals surface area contributed by atoms with Crippen molar-refractivity contribution < 1.29 is 19.5 Å². The summed E-state index contributed by atoms with van der Waals surface area (Å²) >= 11 is 0. The number of aliphatic carboxylic acids is 1. The molecule has 12 heteroatoms. The number of nitrogens with zero attached hydrogens (tertiary/aromatic N) is 2. The van der Waals surface area contributed by atoms with E-state index >= 15 is 0 Å². The number of benzene rings is 1. The van der Waals surface area contributed by atoms with Crippen LogP contribution in [0.1, 0.15) is 21.6 Å².